The maximum Gasteiger partial charge on any atom is 0.128 e. The van der Waals surface area contributed by atoms with Crippen molar-refractivity contribution in [3.05, 3.63) is 71.8 Å². The lowest BCUT2D eigenvalue weighted by Crippen LogP contribution is -2.57. The van der Waals surface area contributed by atoms with E-state index in [1.807, 2.05) is 43.3 Å². The molecule has 3 rings (SSSR count). The molecule has 0 radical (unpaired) electrons. The summed E-state index contributed by atoms with van der Waals surface area (Å²) < 4.78 is 13.5. The number of rotatable bonds is 3. The Hall–Kier alpha value is -1.67. The maximum atomic E-state index is 13.5. The van der Waals surface area contributed by atoms with Gasteiger partial charge in [-0.05, 0) is 18.1 Å². The van der Waals surface area contributed by atoms with Crippen LogP contribution in [0.4, 0.5) is 4.39 Å². The highest BCUT2D eigenvalue weighted by Gasteiger charge is 2.40. The van der Waals surface area contributed by atoms with E-state index in [2.05, 4.69) is 29.2 Å². The molecule has 0 unspecified atom stereocenters. The van der Waals surface area contributed by atoms with Crippen molar-refractivity contribution in [2.75, 3.05) is 6.54 Å². The zero-order valence-electron chi connectivity index (χ0n) is 11.0. The Morgan fingerprint density at radius 3 is 1.79 bits per heavy atom. The molecule has 1 aliphatic rings. The van der Waals surface area contributed by atoms with E-state index in [4.69, 9.17) is 0 Å². The summed E-state index contributed by atoms with van der Waals surface area (Å²) in [6.45, 7) is 2.49. The number of nitrogens with zero attached hydrogens (tertiary/aromatic N) is 1. The van der Waals surface area contributed by atoms with Gasteiger partial charge in [0.2, 0.25) is 0 Å². The Bertz CT molecular complexity index is 486. The average molecular weight is 255 g/mol. The van der Waals surface area contributed by atoms with Crippen molar-refractivity contribution < 1.29 is 4.39 Å². The smallest absolute Gasteiger partial charge is 0.128 e. The van der Waals surface area contributed by atoms with Gasteiger partial charge in [0.05, 0.1) is 6.04 Å². The number of hydrogen-bond donors (Lipinski definition) is 0. The van der Waals surface area contributed by atoms with Gasteiger partial charge in [-0.1, -0.05) is 60.7 Å². The van der Waals surface area contributed by atoms with Gasteiger partial charge in [-0.2, -0.15) is 0 Å². The summed E-state index contributed by atoms with van der Waals surface area (Å²) in [5.41, 5.74) is 2.46. The van der Waals surface area contributed by atoms with Crippen molar-refractivity contribution in [2.45, 2.75) is 25.2 Å². The van der Waals surface area contributed by atoms with E-state index < -0.39 is 6.17 Å². The van der Waals surface area contributed by atoms with Crippen LogP contribution >= 0.6 is 0 Å². The summed E-state index contributed by atoms with van der Waals surface area (Å²) in [6.07, 6.45) is -0.699. The summed E-state index contributed by atoms with van der Waals surface area (Å²) in [5, 5.41) is 0. The van der Waals surface area contributed by atoms with Crippen molar-refractivity contribution in [3.8, 4) is 0 Å². The first-order chi connectivity index (χ1) is 9.27. The zero-order chi connectivity index (χ0) is 13.2. The largest absolute Gasteiger partial charge is 0.284 e. The highest BCUT2D eigenvalue weighted by atomic mass is 19.1. The molecule has 0 spiro atoms. The molecule has 0 amide bonds. The third-order valence-corrected chi connectivity index (χ3v) is 3.99. The Balaban J connectivity index is 1.97. The van der Waals surface area contributed by atoms with E-state index in [0.717, 1.165) is 0 Å². The second-order valence-electron chi connectivity index (χ2n) is 5.18. The highest BCUT2D eigenvalue weighted by molar-refractivity contribution is 5.32. The van der Waals surface area contributed by atoms with Crippen LogP contribution in [0.1, 0.15) is 24.1 Å². The molecule has 19 heavy (non-hydrogen) atoms. The Morgan fingerprint density at radius 1 is 0.947 bits per heavy atom. The standard InChI is InChI=1S/C17H18FN/c1-13-16(18)12-19(13)17(14-8-4-2-5-9-14)15-10-6-3-7-11-15/h2-11,13,16-17H,12H2,1H3/t13-,16-/m1/s1. The molecule has 0 aliphatic carbocycles. The quantitative estimate of drug-likeness (QED) is 0.806. The zero-order valence-corrected chi connectivity index (χ0v) is 11.0. The highest BCUT2D eigenvalue weighted by Crippen LogP contribution is 2.36. The Kier molecular flexibility index (Phi) is 3.34. The third kappa shape index (κ3) is 2.28. The van der Waals surface area contributed by atoms with Crippen LogP contribution in [-0.2, 0) is 0 Å². The molecule has 2 heteroatoms. The van der Waals surface area contributed by atoms with E-state index in [9.17, 15) is 4.39 Å². The van der Waals surface area contributed by atoms with Crippen LogP contribution in [-0.4, -0.2) is 23.7 Å². The topological polar surface area (TPSA) is 3.24 Å². The molecular formula is C17H18FN. The molecule has 1 saturated heterocycles. The average Bonchev–Trinajstić information content (AvgIpc) is 2.49. The molecule has 1 nitrogen and oxygen atoms in total. The lowest BCUT2D eigenvalue weighted by molar-refractivity contribution is -0.0213. The number of alkyl halides is 1. The monoisotopic (exact) mass is 255 g/mol. The fourth-order valence-electron chi connectivity index (χ4n) is 2.78. The summed E-state index contributed by atoms with van der Waals surface area (Å²) >= 11 is 0. The Labute approximate surface area is 113 Å². The molecule has 2 atom stereocenters. The van der Waals surface area contributed by atoms with Crippen LogP contribution in [0, 0.1) is 0 Å². The first-order valence-electron chi connectivity index (χ1n) is 6.77. The first kappa shape index (κ1) is 12.4. The van der Waals surface area contributed by atoms with Crippen LogP contribution in [0.25, 0.3) is 0 Å². The minimum absolute atomic E-state index is 0.00888. The lowest BCUT2D eigenvalue weighted by atomic mass is 9.90. The summed E-state index contributed by atoms with van der Waals surface area (Å²) in [5.74, 6) is 0. The predicted octanol–water partition coefficient (Wildman–Crippen LogP) is 3.82. The van der Waals surface area contributed by atoms with E-state index in [0.29, 0.717) is 6.54 Å². The lowest BCUT2D eigenvalue weighted by Gasteiger charge is -2.47. The van der Waals surface area contributed by atoms with Gasteiger partial charge in [-0.25, -0.2) is 4.39 Å². The van der Waals surface area contributed by atoms with Crippen LogP contribution in [0.3, 0.4) is 0 Å². The maximum absolute atomic E-state index is 13.5. The van der Waals surface area contributed by atoms with Crippen molar-refractivity contribution in [2.24, 2.45) is 0 Å². The van der Waals surface area contributed by atoms with E-state index in [1.165, 1.54) is 11.1 Å². The van der Waals surface area contributed by atoms with Gasteiger partial charge in [0.1, 0.15) is 6.17 Å². The molecule has 0 bridgehead atoms. The SMILES string of the molecule is C[C@@H]1[C@H](F)CN1C(c1ccccc1)c1ccccc1. The van der Waals surface area contributed by atoms with E-state index in [1.54, 1.807) is 0 Å². The number of likely N-dealkylation sites (tertiary alicyclic amines) is 1. The molecule has 0 N–H and O–H groups in total. The molecule has 2 aromatic rings. The summed E-state index contributed by atoms with van der Waals surface area (Å²) in [4.78, 5) is 2.23. The van der Waals surface area contributed by atoms with Crippen LogP contribution < -0.4 is 0 Å². The van der Waals surface area contributed by atoms with Crippen molar-refractivity contribution in [1.82, 2.24) is 4.90 Å². The van der Waals surface area contributed by atoms with Crippen molar-refractivity contribution >= 4 is 0 Å². The fraction of sp³-hybridized carbons (Fsp3) is 0.294. The van der Waals surface area contributed by atoms with Gasteiger partial charge in [0, 0.05) is 12.6 Å². The number of hydrogen-bond acceptors (Lipinski definition) is 1. The van der Waals surface area contributed by atoms with Crippen molar-refractivity contribution in [3.63, 3.8) is 0 Å². The number of halogens is 1. The summed E-state index contributed by atoms with van der Waals surface area (Å²) in [6, 6.07) is 20.8. The van der Waals surface area contributed by atoms with Crippen LogP contribution in [0.5, 0.6) is 0 Å². The van der Waals surface area contributed by atoms with Gasteiger partial charge in [0.15, 0.2) is 0 Å². The molecule has 1 aliphatic heterocycles. The van der Waals surface area contributed by atoms with Crippen LogP contribution in [0.2, 0.25) is 0 Å². The summed E-state index contributed by atoms with van der Waals surface area (Å²) in [7, 11) is 0. The van der Waals surface area contributed by atoms with E-state index >= 15 is 0 Å². The minimum Gasteiger partial charge on any atom is -0.284 e. The predicted molar refractivity (Wildman–Crippen MR) is 75.8 cm³/mol. The van der Waals surface area contributed by atoms with Gasteiger partial charge < -0.3 is 0 Å². The minimum atomic E-state index is -0.699. The van der Waals surface area contributed by atoms with Gasteiger partial charge in [-0.15, -0.1) is 0 Å². The molecule has 1 heterocycles. The van der Waals surface area contributed by atoms with Crippen LogP contribution in [0.15, 0.2) is 60.7 Å². The van der Waals surface area contributed by atoms with Gasteiger partial charge >= 0.3 is 0 Å². The second kappa shape index (κ2) is 5.14. The molecule has 2 aromatic carbocycles. The third-order valence-electron chi connectivity index (χ3n) is 3.99. The van der Waals surface area contributed by atoms with Gasteiger partial charge in [-0.3, -0.25) is 4.90 Å². The fourth-order valence-corrected chi connectivity index (χ4v) is 2.78. The molecule has 0 aromatic heterocycles. The normalized spacial score (nSPS) is 23.3. The molecule has 0 saturated carbocycles. The van der Waals surface area contributed by atoms with Crippen molar-refractivity contribution in [1.29, 1.82) is 0 Å². The van der Waals surface area contributed by atoms with Gasteiger partial charge in [0.25, 0.3) is 0 Å². The number of benzene rings is 2. The molecular weight excluding hydrogens is 237 g/mol. The van der Waals surface area contributed by atoms with E-state index in [-0.39, 0.29) is 12.1 Å². The second-order valence-corrected chi connectivity index (χ2v) is 5.18. The first-order valence-corrected chi connectivity index (χ1v) is 6.77. The molecule has 98 valence electrons. The Morgan fingerprint density at radius 2 is 1.42 bits per heavy atom. The molecule has 1 fully saturated rings.